The average molecular weight is 559 g/mol. The molecule has 2 aromatic heterocycles. The second-order valence-corrected chi connectivity index (χ2v) is 11.7. The Balaban J connectivity index is 1.65. The SMILES string of the molecule is Cc1ccccc1[C@H](Nc1cc(C#N)cc2c(NCC(C)(C)C)c(C#N)cnc12)c1cn(C2(C(F)(F)F)CC2)nn1. The van der Waals surface area contributed by atoms with Crippen LogP contribution < -0.4 is 10.6 Å². The van der Waals surface area contributed by atoms with Gasteiger partial charge in [0.05, 0.1) is 46.3 Å². The number of nitrogens with zero attached hydrogens (tertiary/aromatic N) is 6. The highest BCUT2D eigenvalue weighted by Gasteiger charge is 2.66. The standard InChI is InChI=1S/C30H29F3N8/c1-18-7-5-6-8-21(18)27(24-16-41(40-39-24)29(9-10-29)30(31,32)33)38-23-12-19(13-34)11-22-25(37-17-28(2,3)4)20(14-35)15-36-26(22)23/h5-8,11-12,15-16,27,38H,9-10,17H2,1-4H3,(H,36,37)/t27-/m0/s1. The largest absolute Gasteiger partial charge is 0.413 e. The quantitative estimate of drug-likeness (QED) is 0.263. The molecule has 5 rings (SSSR count). The number of benzene rings is 2. The first-order valence-electron chi connectivity index (χ1n) is 13.2. The number of alkyl halides is 3. The van der Waals surface area contributed by atoms with Gasteiger partial charge >= 0.3 is 6.18 Å². The molecule has 2 N–H and O–H groups in total. The van der Waals surface area contributed by atoms with Crippen molar-refractivity contribution in [2.75, 3.05) is 17.2 Å². The first-order chi connectivity index (χ1) is 19.4. The average Bonchev–Trinajstić information content (AvgIpc) is 3.61. The number of pyridine rings is 1. The van der Waals surface area contributed by atoms with Gasteiger partial charge in [0, 0.05) is 18.1 Å². The highest BCUT2D eigenvalue weighted by atomic mass is 19.4. The summed E-state index contributed by atoms with van der Waals surface area (Å²) in [6, 6.07) is 14.5. The Morgan fingerprint density at radius 1 is 1.10 bits per heavy atom. The van der Waals surface area contributed by atoms with Crippen molar-refractivity contribution in [2.24, 2.45) is 5.41 Å². The third kappa shape index (κ3) is 5.28. The minimum absolute atomic E-state index is 0.0495. The molecule has 2 aromatic carbocycles. The number of hydrogen-bond acceptors (Lipinski definition) is 7. The second-order valence-electron chi connectivity index (χ2n) is 11.7. The molecule has 1 atom stereocenters. The molecule has 41 heavy (non-hydrogen) atoms. The number of aryl methyl sites for hydroxylation is 1. The highest BCUT2D eigenvalue weighted by Crippen LogP contribution is 2.55. The van der Waals surface area contributed by atoms with Gasteiger partial charge < -0.3 is 10.6 Å². The van der Waals surface area contributed by atoms with E-state index in [-0.39, 0.29) is 18.3 Å². The number of nitriles is 2. The van der Waals surface area contributed by atoms with E-state index in [1.807, 2.05) is 31.2 Å². The van der Waals surface area contributed by atoms with Crippen molar-refractivity contribution in [2.45, 2.75) is 58.3 Å². The molecule has 1 fully saturated rings. The van der Waals surface area contributed by atoms with Crippen molar-refractivity contribution in [3.05, 3.63) is 76.7 Å². The molecule has 11 heteroatoms. The predicted molar refractivity (Wildman–Crippen MR) is 149 cm³/mol. The van der Waals surface area contributed by atoms with Gasteiger partial charge in [-0.3, -0.25) is 4.98 Å². The molecular formula is C30H29F3N8. The Hall–Kier alpha value is -4.64. The van der Waals surface area contributed by atoms with Gasteiger partial charge in [-0.2, -0.15) is 23.7 Å². The molecule has 0 radical (unpaired) electrons. The Labute approximate surface area is 235 Å². The van der Waals surface area contributed by atoms with Gasteiger partial charge in [0.25, 0.3) is 0 Å². The van der Waals surface area contributed by atoms with Crippen LogP contribution in [-0.4, -0.2) is 32.7 Å². The van der Waals surface area contributed by atoms with Crippen LogP contribution in [0.5, 0.6) is 0 Å². The Kier molecular flexibility index (Phi) is 6.86. The lowest BCUT2D eigenvalue weighted by molar-refractivity contribution is -0.182. The molecule has 0 spiro atoms. The third-order valence-corrected chi connectivity index (χ3v) is 7.31. The molecule has 1 aliphatic rings. The minimum Gasteiger partial charge on any atom is -0.383 e. The van der Waals surface area contributed by atoms with Crippen molar-refractivity contribution in [3.63, 3.8) is 0 Å². The third-order valence-electron chi connectivity index (χ3n) is 7.31. The molecule has 1 aliphatic carbocycles. The lowest BCUT2D eigenvalue weighted by Crippen LogP contribution is -2.35. The lowest BCUT2D eigenvalue weighted by atomic mass is 9.96. The number of aromatic nitrogens is 4. The first-order valence-corrected chi connectivity index (χ1v) is 13.2. The number of anilines is 2. The maximum absolute atomic E-state index is 13.8. The molecular weight excluding hydrogens is 529 g/mol. The fourth-order valence-corrected chi connectivity index (χ4v) is 4.86. The zero-order chi connectivity index (χ0) is 29.6. The number of rotatable bonds is 7. The fraction of sp³-hybridized carbons (Fsp3) is 0.367. The number of halogens is 3. The predicted octanol–water partition coefficient (Wildman–Crippen LogP) is 6.59. The topological polar surface area (TPSA) is 115 Å². The van der Waals surface area contributed by atoms with Crippen LogP contribution in [0.25, 0.3) is 10.9 Å². The second kappa shape index (κ2) is 10.1. The van der Waals surface area contributed by atoms with Gasteiger partial charge in [-0.05, 0) is 48.4 Å². The molecule has 0 amide bonds. The van der Waals surface area contributed by atoms with Crippen molar-refractivity contribution < 1.29 is 13.2 Å². The van der Waals surface area contributed by atoms with Crippen LogP contribution in [0.15, 0.2) is 48.8 Å². The Morgan fingerprint density at radius 2 is 1.83 bits per heavy atom. The van der Waals surface area contributed by atoms with Gasteiger partial charge in [0.1, 0.15) is 11.8 Å². The first kappa shape index (κ1) is 27.9. The summed E-state index contributed by atoms with van der Waals surface area (Å²) >= 11 is 0. The molecule has 2 heterocycles. The van der Waals surface area contributed by atoms with Crippen LogP contribution in [0.2, 0.25) is 0 Å². The van der Waals surface area contributed by atoms with Gasteiger partial charge in [-0.25, -0.2) is 4.68 Å². The van der Waals surface area contributed by atoms with Crippen molar-refractivity contribution in [1.82, 2.24) is 20.0 Å². The fourth-order valence-electron chi connectivity index (χ4n) is 4.86. The van der Waals surface area contributed by atoms with E-state index in [4.69, 9.17) is 0 Å². The number of fused-ring (bicyclic) bond motifs is 1. The zero-order valence-electron chi connectivity index (χ0n) is 23.1. The minimum atomic E-state index is -4.44. The Morgan fingerprint density at radius 3 is 2.44 bits per heavy atom. The molecule has 0 aliphatic heterocycles. The normalized spacial score (nSPS) is 15.1. The van der Waals surface area contributed by atoms with E-state index in [0.29, 0.717) is 45.6 Å². The summed E-state index contributed by atoms with van der Waals surface area (Å²) in [5.74, 6) is 0. The molecule has 4 aromatic rings. The molecule has 0 unspecified atom stereocenters. The van der Waals surface area contributed by atoms with Crippen LogP contribution in [-0.2, 0) is 5.54 Å². The molecule has 0 bridgehead atoms. The summed E-state index contributed by atoms with van der Waals surface area (Å²) in [4.78, 5) is 4.56. The summed E-state index contributed by atoms with van der Waals surface area (Å²) < 4.78 is 42.5. The van der Waals surface area contributed by atoms with E-state index in [0.717, 1.165) is 15.8 Å². The van der Waals surface area contributed by atoms with Crippen molar-refractivity contribution in [3.8, 4) is 12.1 Å². The summed E-state index contributed by atoms with van der Waals surface area (Å²) in [6.07, 6.45) is -1.72. The summed E-state index contributed by atoms with van der Waals surface area (Å²) in [7, 11) is 0. The maximum atomic E-state index is 13.8. The summed E-state index contributed by atoms with van der Waals surface area (Å²) in [5.41, 5.74) is 2.05. The van der Waals surface area contributed by atoms with Gasteiger partial charge in [-0.1, -0.05) is 50.3 Å². The van der Waals surface area contributed by atoms with Crippen LogP contribution in [0.1, 0.15) is 67.6 Å². The number of nitrogens with one attached hydrogen (secondary N) is 2. The smallest absolute Gasteiger partial charge is 0.383 e. The Bertz CT molecular complexity index is 1700. The monoisotopic (exact) mass is 558 g/mol. The highest BCUT2D eigenvalue weighted by molar-refractivity contribution is 6.01. The van der Waals surface area contributed by atoms with Crippen LogP contribution in [0, 0.1) is 35.0 Å². The van der Waals surface area contributed by atoms with Gasteiger partial charge in [0.15, 0.2) is 5.54 Å². The number of hydrogen-bond donors (Lipinski definition) is 2. The van der Waals surface area contributed by atoms with Crippen LogP contribution in [0.4, 0.5) is 24.5 Å². The molecule has 1 saturated carbocycles. The van der Waals surface area contributed by atoms with E-state index < -0.39 is 17.8 Å². The van der Waals surface area contributed by atoms with E-state index in [1.54, 1.807) is 12.1 Å². The molecule has 0 saturated heterocycles. The van der Waals surface area contributed by atoms with E-state index >= 15 is 0 Å². The zero-order valence-corrected chi connectivity index (χ0v) is 23.1. The maximum Gasteiger partial charge on any atom is 0.413 e. The van der Waals surface area contributed by atoms with Crippen molar-refractivity contribution in [1.29, 1.82) is 10.5 Å². The lowest BCUT2D eigenvalue weighted by Gasteiger charge is -2.23. The molecule has 8 nitrogen and oxygen atoms in total. The van der Waals surface area contributed by atoms with Crippen LogP contribution >= 0.6 is 0 Å². The van der Waals surface area contributed by atoms with Gasteiger partial charge in [-0.15, -0.1) is 5.10 Å². The van der Waals surface area contributed by atoms with E-state index in [9.17, 15) is 23.7 Å². The van der Waals surface area contributed by atoms with Gasteiger partial charge in [0.2, 0.25) is 0 Å². The summed E-state index contributed by atoms with van der Waals surface area (Å²) in [6.45, 7) is 8.66. The molecule has 210 valence electrons. The van der Waals surface area contributed by atoms with E-state index in [1.165, 1.54) is 12.4 Å². The van der Waals surface area contributed by atoms with E-state index in [2.05, 4.69) is 58.8 Å². The van der Waals surface area contributed by atoms with Crippen molar-refractivity contribution >= 4 is 22.3 Å². The van der Waals surface area contributed by atoms with Crippen LogP contribution in [0.3, 0.4) is 0 Å². The summed E-state index contributed by atoms with van der Waals surface area (Å²) in [5, 5.41) is 35.1.